The summed E-state index contributed by atoms with van der Waals surface area (Å²) in [5.41, 5.74) is 0.766. The molecular weight excluding hydrogens is 229 g/mol. The Bertz CT molecular complexity index is 377. The van der Waals surface area contributed by atoms with E-state index >= 15 is 0 Å². The van der Waals surface area contributed by atoms with E-state index in [0.29, 0.717) is 11.4 Å². The first-order valence-electron chi connectivity index (χ1n) is 5.41. The molecule has 1 fully saturated rings. The molecule has 0 saturated carbocycles. The highest BCUT2D eigenvalue weighted by Crippen LogP contribution is 2.32. The van der Waals surface area contributed by atoms with Crippen molar-refractivity contribution in [2.75, 3.05) is 19.7 Å². The summed E-state index contributed by atoms with van der Waals surface area (Å²) >= 11 is 5.98. The van der Waals surface area contributed by atoms with Crippen LogP contribution in [0.5, 0.6) is 0 Å². The fourth-order valence-electron chi connectivity index (χ4n) is 2.21. The SMILES string of the molecule is OCC1(Cc2ccc(F)cc2Cl)CCNC1. The van der Waals surface area contributed by atoms with Crippen molar-refractivity contribution in [3.63, 3.8) is 0 Å². The van der Waals surface area contributed by atoms with E-state index in [0.717, 1.165) is 25.1 Å². The first kappa shape index (κ1) is 11.8. The molecule has 16 heavy (non-hydrogen) atoms. The lowest BCUT2D eigenvalue weighted by atomic mass is 9.81. The van der Waals surface area contributed by atoms with Crippen LogP contribution in [-0.4, -0.2) is 24.8 Å². The number of hydrogen-bond donors (Lipinski definition) is 2. The van der Waals surface area contributed by atoms with Crippen LogP contribution in [0.3, 0.4) is 0 Å². The maximum atomic E-state index is 12.9. The van der Waals surface area contributed by atoms with Crippen LogP contribution in [0.15, 0.2) is 18.2 Å². The second kappa shape index (κ2) is 4.70. The lowest BCUT2D eigenvalue weighted by molar-refractivity contribution is 0.143. The summed E-state index contributed by atoms with van der Waals surface area (Å²) in [6.45, 7) is 1.84. The van der Waals surface area contributed by atoms with Crippen LogP contribution in [0.1, 0.15) is 12.0 Å². The summed E-state index contributed by atoms with van der Waals surface area (Å²) < 4.78 is 12.9. The van der Waals surface area contributed by atoms with E-state index in [1.54, 1.807) is 6.07 Å². The number of halogens is 2. The normalized spacial score (nSPS) is 24.9. The van der Waals surface area contributed by atoms with Gasteiger partial charge in [0.05, 0.1) is 6.61 Å². The van der Waals surface area contributed by atoms with Crippen molar-refractivity contribution >= 4 is 11.6 Å². The summed E-state index contributed by atoms with van der Waals surface area (Å²) in [6.07, 6.45) is 1.62. The molecular formula is C12H15ClFNO. The third kappa shape index (κ3) is 2.37. The fourth-order valence-corrected chi connectivity index (χ4v) is 2.44. The van der Waals surface area contributed by atoms with Crippen molar-refractivity contribution in [3.8, 4) is 0 Å². The first-order chi connectivity index (χ1) is 7.65. The van der Waals surface area contributed by atoms with E-state index in [1.807, 2.05) is 0 Å². The number of aliphatic hydroxyl groups is 1. The van der Waals surface area contributed by atoms with Gasteiger partial charge in [-0.1, -0.05) is 17.7 Å². The zero-order valence-electron chi connectivity index (χ0n) is 8.97. The molecule has 0 radical (unpaired) electrons. The van der Waals surface area contributed by atoms with E-state index in [-0.39, 0.29) is 17.8 Å². The molecule has 1 atom stereocenters. The molecule has 0 spiro atoms. The van der Waals surface area contributed by atoms with Gasteiger partial charge in [0.15, 0.2) is 0 Å². The van der Waals surface area contributed by atoms with Crippen LogP contribution in [0, 0.1) is 11.2 Å². The fraction of sp³-hybridized carbons (Fsp3) is 0.500. The third-order valence-electron chi connectivity index (χ3n) is 3.25. The maximum absolute atomic E-state index is 12.9. The first-order valence-corrected chi connectivity index (χ1v) is 5.79. The molecule has 4 heteroatoms. The smallest absolute Gasteiger partial charge is 0.124 e. The Labute approximate surface area is 99.4 Å². The minimum Gasteiger partial charge on any atom is -0.396 e. The molecule has 2 rings (SSSR count). The Morgan fingerprint density at radius 2 is 2.31 bits per heavy atom. The molecule has 1 heterocycles. The van der Waals surface area contributed by atoms with Gasteiger partial charge in [0.25, 0.3) is 0 Å². The lowest BCUT2D eigenvalue weighted by Gasteiger charge is -2.26. The summed E-state index contributed by atoms with van der Waals surface area (Å²) in [7, 11) is 0. The minimum absolute atomic E-state index is 0.133. The van der Waals surface area contributed by atoms with Crippen molar-refractivity contribution in [1.29, 1.82) is 0 Å². The molecule has 1 aromatic carbocycles. The second-order valence-corrected chi connectivity index (χ2v) is 4.90. The second-order valence-electron chi connectivity index (χ2n) is 4.50. The number of benzene rings is 1. The van der Waals surface area contributed by atoms with Crippen molar-refractivity contribution < 1.29 is 9.50 Å². The van der Waals surface area contributed by atoms with Crippen LogP contribution in [0.2, 0.25) is 5.02 Å². The molecule has 88 valence electrons. The molecule has 0 aliphatic carbocycles. The highest BCUT2D eigenvalue weighted by atomic mass is 35.5. The predicted octanol–water partition coefficient (Wildman–Crippen LogP) is 1.99. The lowest BCUT2D eigenvalue weighted by Crippen LogP contribution is -2.30. The number of rotatable bonds is 3. The van der Waals surface area contributed by atoms with Gasteiger partial charge in [0.2, 0.25) is 0 Å². The van der Waals surface area contributed by atoms with Crippen molar-refractivity contribution in [2.24, 2.45) is 5.41 Å². The number of hydrogen-bond acceptors (Lipinski definition) is 2. The van der Waals surface area contributed by atoms with E-state index in [9.17, 15) is 9.50 Å². The molecule has 0 aromatic heterocycles. The largest absolute Gasteiger partial charge is 0.396 e. The van der Waals surface area contributed by atoms with Gasteiger partial charge in [-0.05, 0) is 37.1 Å². The molecule has 0 bridgehead atoms. The van der Waals surface area contributed by atoms with Gasteiger partial charge < -0.3 is 10.4 Å². The Balaban J connectivity index is 2.19. The van der Waals surface area contributed by atoms with E-state index in [1.165, 1.54) is 12.1 Å². The van der Waals surface area contributed by atoms with Crippen molar-refractivity contribution in [3.05, 3.63) is 34.6 Å². The van der Waals surface area contributed by atoms with Gasteiger partial charge in [-0.25, -0.2) is 4.39 Å². The average Bonchev–Trinajstić information content (AvgIpc) is 2.72. The number of aliphatic hydroxyl groups excluding tert-OH is 1. The van der Waals surface area contributed by atoms with Crippen molar-refractivity contribution in [1.82, 2.24) is 5.32 Å². The molecule has 1 aromatic rings. The Kier molecular flexibility index (Phi) is 3.47. The van der Waals surface area contributed by atoms with Gasteiger partial charge in [0, 0.05) is 17.0 Å². The van der Waals surface area contributed by atoms with Gasteiger partial charge >= 0.3 is 0 Å². The highest BCUT2D eigenvalue weighted by molar-refractivity contribution is 6.31. The van der Waals surface area contributed by atoms with Crippen LogP contribution >= 0.6 is 11.6 Å². The summed E-state index contributed by atoms with van der Waals surface area (Å²) in [5.74, 6) is -0.323. The van der Waals surface area contributed by atoms with Crippen LogP contribution in [0.4, 0.5) is 4.39 Å². The maximum Gasteiger partial charge on any atom is 0.124 e. The molecule has 1 unspecified atom stereocenters. The molecule has 2 N–H and O–H groups in total. The Morgan fingerprint density at radius 1 is 1.50 bits per heavy atom. The molecule has 1 saturated heterocycles. The quantitative estimate of drug-likeness (QED) is 0.851. The zero-order valence-corrected chi connectivity index (χ0v) is 9.73. The van der Waals surface area contributed by atoms with Crippen LogP contribution < -0.4 is 5.32 Å². The molecule has 1 aliphatic rings. The number of nitrogens with one attached hydrogen (secondary N) is 1. The summed E-state index contributed by atoms with van der Waals surface area (Å²) in [5, 5.41) is 13.1. The van der Waals surface area contributed by atoms with Gasteiger partial charge in [0.1, 0.15) is 5.82 Å². The summed E-state index contributed by atoms with van der Waals surface area (Å²) in [4.78, 5) is 0. The van der Waals surface area contributed by atoms with E-state index < -0.39 is 0 Å². The molecule has 0 amide bonds. The van der Waals surface area contributed by atoms with Crippen LogP contribution in [0.25, 0.3) is 0 Å². The predicted molar refractivity (Wildman–Crippen MR) is 62.1 cm³/mol. The molecule has 1 aliphatic heterocycles. The zero-order chi connectivity index (χ0) is 11.6. The Hall–Kier alpha value is -0.640. The van der Waals surface area contributed by atoms with Gasteiger partial charge in [-0.2, -0.15) is 0 Å². The van der Waals surface area contributed by atoms with Gasteiger partial charge in [-0.3, -0.25) is 0 Å². The third-order valence-corrected chi connectivity index (χ3v) is 3.60. The van der Waals surface area contributed by atoms with Crippen LogP contribution in [-0.2, 0) is 6.42 Å². The standard InChI is InChI=1S/C12H15ClFNO/c13-11-5-10(14)2-1-9(11)6-12(8-16)3-4-15-7-12/h1-2,5,15-16H,3-4,6-8H2. The van der Waals surface area contributed by atoms with Crippen molar-refractivity contribution in [2.45, 2.75) is 12.8 Å². The van der Waals surface area contributed by atoms with E-state index in [2.05, 4.69) is 5.32 Å². The highest BCUT2D eigenvalue weighted by Gasteiger charge is 2.33. The monoisotopic (exact) mass is 243 g/mol. The summed E-state index contributed by atoms with van der Waals surface area (Å²) in [6, 6.07) is 4.44. The van der Waals surface area contributed by atoms with Gasteiger partial charge in [-0.15, -0.1) is 0 Å². The minimum atomic E-state index is -0.323. The average molecular weight is 244 g/mol. The Morgan fingerprint density at radius 3 is 2.88 bits per heavy atom. The molecule has 2 nitrogen and oxygen atoms in total. The van der Waals surface area contributed by atoms with E-state index in [4.69, 9.17) is 11.6 Å². The topological polar surface area (TPSA) is 32.3 Å².